The van der Waals surface area contributed by atoms with Gasteiger partial charge in [0.2, 0.25) is 0 Å². The van der Waals surface area contributed by atoms with E-state index in [0.717, 1.165) is 11.5 Å². The van der Waals surface area contributed by atoms with Crippen molar-refractivity contribution in [3.05, 3.63) is 35.9 Å². The smallest absolute Gasteiger partial charge is 0.310 e. The number of carbonyl (C=O) groups is 1. The van der Waals surface area contributed by atoms with Crippen LogP contribution in [-0.2, 0) is 16.1 Å². The van der Waals surface area contributed by atoms with Gasteiger partial charge < -0.3 is 10.1 Å². The lowest BCUT2D eigenvalue weighted by molar-refractivity contribution is -0.149. The van der Waals surface area contributed by atoms with Crippen molar-refractivity contribution in [3.63, 3.8) is 0 Å². The molecule has 2 rings (SSSR count). The van der Waals surface area contributed by atoms with E-state index in [1.807, 2.05) is 37.3 Å². The second-order valence-corrected chi connectivity index (χ2v) is 6.02. The Balaban J connectivity index is 1.67. The molecule has 0 bridgehead atoms. The van der Waals surface area contributed by atoms with Crippen LogP contribution >= 0.6 is 0 Å². The summed E-state index contributed by atoms with van der Waals surface area (Å²) in [4.78, 5) is 11.9. The summed E-state index contributed by atoms with van der Waals surface area (Å²) in [7, 11) is 0. The fourth-order valence-corrected chi connectivity index (χ4v) is 2.69. The minimum atomic E-state index is -0.118. The van der Waals surface area contributed by atoms with Crippen LogP contribution in [-0.4, -0.2) is 18.6 Å². The zero-order valence-electron chi connectivity index (χ0n) is 12.5. The normalized spacial score (nSPS) is 23.5. The van der Waals surface area contributed by atoms with Crippen LogP contribution in [0.2, 0.25) is 0 Å². The van der Waals surface area contributed by atoms with E-state index < -0.39 is 0 Å². The van der Waals surface area contributed by atoms with Crippen molar-refractivity contribution < 1.29 is 9.53 Å². The summed E-state index contributed by atoms with van der Waals surface area (Å²) in [5, 5.41) is 3.49. The number of hydrogen-bond acceptors (Lipinski definition) is 3. The first-order valence-electron chi connectivity index (χ1n) is 7.59. The molecular formula is C17H25NO2. The summed E-state index contributed by atoms with van der Waals surface area (Å²) in [6, 6.07) is 10.4. The molecule has 20 heavy (non-hydrogen) atoms. The van der Waals surface area contributed by atoms with E-state index in [-0.39, 0.29) is 11.9 Å². The van der Waals surface area contributed by atoms with Gasteiger partial charge in [-0.15, -0.1) is 0 Å². The highest BCUT2D eigenvalue weighted by atomic mass is 16.5. The average Bonchev–Trinajstić information content (AvgIpc) is 2.89. The SMILES string of the molecule is CC1CCC(NCC(C)C(=O)OCc2ccccc2)C1. The maximum atomic E-state index is 11.9. The molecule has 3 unspecified atom stereocenters. The predicted octanol–water partition coefficient (Wildman–Crippen LogP) is 3.14. The molecule has 3 heteroatoms. The van der Waals surface area contributed by atoms with Gasteiger partial charge in [0.05, 0.1) is 5.92 Å². The van der Waals surface area contributed by atoms with Crippen LogP contribution in [0.4, 0.5) is 0 Å². The number of esters is 1. The van der Waals surface area contributed by atoms with E-state index >= 15 is 0 Å². The second-order valence-electron chi connectivity index (χ2n) is 6.02. The Kier molecular flexibility index (Phi) is 5.60. The first kappa shape index (κ1) is 15.0. The third-order valence-corrected chi connectivity index (χ3v) is 4.03. The summed E-state index contributed by atoms with van der Waals surface area (Å²) in [6.45, 7) is 5.30. The van der Waals surface area contributed by atoms with E-state index in [1.165, 1.54) is 19.3 Å². The van der Waals surface area contributed by atoms with Crippen LogP contribution in [0.5, 0.6) is 0 Å². The van der Waals surface area contributed by atoms with Gasteiger partial charge >= 0.3 is 5.97 Å². The molecule has 0 spiro atoms. The van der Waals surface area contributed by atoms with Gasteiger partial charge in [-0.3, -0.25) is 4.79 Å². The molecule has 1 aromatic carbocycles. The van der Waals surface area contributed by atoms with Gasteiger partial charge in [-0.1, -0.05) is 44.2 Å². The van der Waals surface area contributed by atoms with Gasteiger partial charge in [0.1, 0.15) is 6.61 Å². The zero-order valence-corrected chi connectivity index (χ0v) is 12.5. The molecule has 0 amide bonds. The van der Waals surface area contributed by atoms with Crippen LogP contribution in [0.15, 0.2) is 30.3 Å². The lowest BCUT2D eigenvalue weighted by Gasteiger charge is -2.16. The fraction of sp³-hybridized carbons (Fsp3) is 0.588. The molecule has 1 aromatic rings. The summed E-state index contributed by atoms with van der Waals surface area (Å²) in [5.41, 5.74) is 1.03. The Morgan fingerprint density at radius 1 is 1.35 bits per heavy atom. The minimum Gasteiger partial charge on any atom is -0.461 e. The van der Waals surface area contributed by atoms with Crippen LogP contribution < -0.4 is 5.32 Å². The number of benzene rings is 1. The lowest BCUT2D eigenvalue weighted by atomic mass is 10.1. The maximum Gasteiger partial charge on any atom is 0.310 e. The predicted molar refractivity (Wildman–Crippen MR) is 80.2 cm³/mol. The molecule has 3 nitrogen and oxygen atoms in total. The maximum absolute atomic E-state index is 11.9. The molecule has 1 aliphatic carbocycles. The van der Waals surface area contributed by atoms with Crippen LogP contribution in [0.25, 0.3) is 0 Å². The Bertz CT molecular complexity index is 418. The van der Waals surface area contributed by atoms with E-state index in [2.05, 4.69) is 12.2 Å². The van der Waals surface area contributed by atoms with E-state index in [0.29, 0.717) is 19.2 Å². The van der Waals surface area contributed by atoms with Crippen molar-refractivity contribution in [1.82, 2.24) is 5.32 Å². The average molecular weight is 275 g/mol. The molecule has 1 saturated carbocycles. The number of nitrogens with one attached hydrogen (secondary N) is 1. The standard InChI is InChI=1S/C17H25NO2/c1-13-8-9-16(10-13)18-11-14(2)17(19)20-12-15-6-4-3-5-7-15/h3-7,13-14,16,18H,8-12H2,1-2H3. The van der Waals surface area contributed by atoms with Crippen molar-refractivity contribution in [2.75, 3.05) is 6.54 Å². The quantitative estimate of drug-likeness (QED) is 0.811. The molecule has 0 radical (unpaired) electrons. The molecule has 3 atom stereocenters. The van der Waals surface area contributed by atoms with Crippen LogP contribution in [0.3, 0.4) is 0 Å². The second kappa shape index (κ2) is 7.44. The van der Waals surface area contributed by atoms with Crippen molar-refractivity contribution >= 4 is 5.97 Å². The summed E-state index contributed by atoms with van der Waals surface area (Å²) in [5.74, 6) is 0.606. The molecule has 1 N–H and O–H groups in total. The molecule has 0 aromatic heterocycles. The van der Waals surface area contributed by atoms with Gasteiger partial charge in [-0.25, -0.2) is 0 Å². The summed E-state index contributed by atoms with van der Waals surface area (Å²) in [6.07, 6.45) is 3.75. The molecule has 0 saturated heterocycles. The Morgan fingerprint density at radius 2 is 2.10 bits per heavy atom. The largest absolute Gasteiger partial charge is 0.461 e. The van der Waals surface area contributed by atoms with Crippen LogP contribution in [0.1, 0.15) is 38.7 Å². The molecule has 0 heterocycles. The number of carbonyl (C=O) groups excluding carboxylic acids is 1. The lowest BCUT2D eigenvalue weighted by Crippen LogP contribution is -2.34. The molecule has 1 fully saturated rings. The van der Waals surface area contributed by atoms with E-state index in [1.54, 1.807) is 0 Å². The molecule has 0 aliphatic heterocycles. The first-order valence-corrected chi connectivity index (χ1v) is 7.59. The van der Waals surface area contributed by atoms with E-state index in [4.69, 9.17) is 4.74 Å². The van der Waals surface area contributed by atoms with Gasteiger partial charge in [0.25, 0.3) is 0 Å². The Hall–Kier alpha value is -1.35. The zero-order chi connectivity index (χ0) is 14.4. The monoisotopic (exact) mass is 275 g/mol. The van der Waals surface area contributed by atoms with Gasteiger partial charge in [0.15, 0.2) is 0 Å². The van der Waals surface area contributed by atoms with E-state index in [9.17, 15) is 4.79 Å². The van der Waals surface area contributed by atoms with Crippen LogP contribution in [0, 0.1) is 11.8 Å². The Labute approximate surface area is 121 Å². The third-order valence-electron chi connectivity index (χ3n) is 4.03. The topological polar surface area (TPSA) is 38.3 Å². The van der Waals surface area contributed by atoms with Gasteiger partial charge in [-0.05, 0) is 30.7 Å². The Morgan fingerprint density at radius 3 is 2.75 bits per heavy atom. The minimum absolute atomic E-state index is 0.0883. The van der Waals surface area contributed by atoms with Crippen molar-refractivity contribution in [2.45, 2.75) is 45.8 Å². The van der Waals surface area contributed by atoms with Crippen molar-refractivity contribution in [3.8, 4) is 0 Å². The number of rotatable bonds is 6. The molecule has 110 valence electrons. The number of ether oxygens (including phenoxy) is 1. The highest BCUT2D eigenvalue weighted by Gasteiger charge is 2.22. The summed E-state index contributed by atoms with van der Waals surface area (Å²) < 4.78 is 5.35. The first-order chi connectivity index (χ1) is 9.65. The van der Waals surface area contributed by atoms with Crippen molar-refractivity contribution in [1.29, 1.82) is 0 Å². The molecule has 1 aliphatic rings. The van der Waals surface area contributed by atoms with Gasteiger partial charge in [0, 0.05) is 12.6 Å². The highest BCUT2D eigenvalue weighted by molar-refractivity contribution is 5.72. The fourth-order valence-electron chi connectivity index (χ4n) is 2.69. The number of hydrogen-bond donors (Lipinski definition) is 1. The summed E-state index contributed by atoms with van der Waals surface area (Å²) >= 11 is 0. The van der Waals surface area contributed by atoms with Gasteiger partial charge in [-0.2, -0.15) is 0 Å². The van der Waals surface area contributed by atoms with Crippen molar-refractivity contribution in [2.24, 2.45) is 11.8 Å². The molecular weight excluding hydrogens is 250 g/mol. The highest BCUT2D eigenvalue weighted by Crippen LogP contribution is 2.24. The third kappa shape index (κ3) is 4.64.